The summed E-state index contributed by atoms with van der Waals surface area (Å²) in [5.41, 5.74) is 6.70. The largest absolute Gasteiger partial charge is 0.418 e. The zero-order valence-electron chi connectivity index (χ0n) is 20.1. The van der Waals surface area contributed by atoms with Gasteiger partial charge in [-0.05, 0) is 58.5 Å². The van der Waals surface area contributed by atoms with Gasteiger partial charge < -0.3 is 5.73 Å². The number of primary amides is 1. The molecule has 0 atom stereocenters. The summed E-state index contributed by atoms with van der Waals surface area (Å²) in [4.78, 5) is 31.6. The summed E-state index contributed by atoms with van der Waals surface area (Å²) in [5, 5.41) is 0.156. The van der Waals surface area contributed by atoms with Crippen LogP contribution in [0.15, 0.2) is 103 Å². The molecule has 2 amide bonds. The van der Waals surface area contributed by atoms with Gasteiger partial charge in [0.15, 0.2) is 5.78 Å². The van der Waals surface area contributed by atoms with E-state index in [4.69, 9.17) is 5.73 Å². The molecule has 0 bridgehead atoms. The molecule has 39 heavy (non-hydrogen) atoms. The van der Waals surface area contributed by atoms with E-state index in [9.17, 15) is 22.8 Å². The fourth-order valence-electron chi connectivity index (χ4n) is 4.50. The first-order valence-corrected chi connectivity index (χ1v) is 12.8. The van der Waals surface area contributed by atoms with Crippen LogP contribution in [0.5, 0.6) is 0 Å². The second-order valence-corrected chi connectivity index (χ2v) is 9.78. The maximum atomic E-state index is 13.9. The van der Waals surface area contributed by atoms with Gasteiger partial charge in [0.2, 0.25) is 0 Å². The Morgan fingerprint density at radius 1 is 0.846 bits per heavy atom. The number of nitrogens with zero attached hydrogens (tertiary/aromatic N) is 2. The third-order valence-corrected chi connectivity index (χ3v) is 7.10. The van der Waals surface area contributed by atoms with Gasteiger partial charge in [0.25, 0.3) is 0 Å². The fraction of sp³-hybridized carbons (Fsp3) is 0.0333. The van der Waals surface area contributed by atoms with Crippen LogP contribution in [-0.4, -0.2) is 16.8 Å². The number of nitrogens with two attached hydrogens (primary N) is 1. The monoisotopic (exact) mass is 637 g/mol. The molecule has 1 aromatic heterocycles. The van der Waals surface area contributed by atoms with Crippen molar-refractivity contribution in [2.75, 3.05) is 4.90 Å². The lowest BCUT2D eigenvalue weighted by Crippen LogP contribution is -2.32. The number of rotatable bonds is 5. The van der Waals surface area contributed by atoms with E-state index in [1.807, 2.05) is 12.1 Å². The lowest BCUT2D eigenvalue weighted by atomic mass is 9.91. The average Bonchev–Trinajstić information content (AvgIpc) is 2.93. The summed E-state index contributed by atoms with van der Waals surface area (Å²) >= 11 is 2.09. The molecule has 0 aliphatic heterocycles. The molecule has 5 nitrogen and oxygen atoms in total. The van der Waals surface area contributed by atoms with Gasteiger partial charge in [-0.25, -0.2) is 4.79 Å². The number of hydrogen-bond donors (Lipinski definition) is 1. The van der Waals surface area contributed by atoms with Crippen LogP contribution in [-0.2, 0) is 6.18 Å². The summed E-state index contributed by atoms with van der Waals surface area (Å²) in [6.07, 6.45) is -3.47. The number of fused-ring (bicyclic) bond motifs is 1. The second kappa shape index (κ2) is 10.5. The molecule has 0 aliphatic rings. The quantitative estimate of drug-likeness (QED) is 0.157. The Hall–Kier alpha value is -4.25. The Labute approximate surface area is 235 Å². The highest BCUT2D eigenvalue weighted by Gasteiger charge is 2.34. The number of carbonyl (C=O) groups excluding carboxylic acids is 2. The molecule has 2 N–H and O–H groups in total. The van der Waals surface area contributed by atoms with Gasteiger partial charge in [0.1, 0.15) is 0 Å². The number of ketones is 1. The maximum absolute atomic E-state index is 13.9. The van der Waals surface area contributed by atoms with Crippen molar-refractivity contribution in [1.29, 1.82) is 0 Å². The van der Waals surface area contributed by atoms with Crippen LogP contribution in [0.25, 0.3) is 22.0 Å². The molecule has 194 valence electrons. The van der Waals surface area contributed by atoms with Gasteiger partial charge in [-0.15, -0.1) is 0 Å². The van der Waals surface area contributed by atoms with Crippen LogP contribution in [0.3, 0.4) is 0 Å². The number of amides is 2. The summed E-state index contributed by atoms with van der Waals surface area (Å²) in [7, 11) is 0. The number of halogens is 4. The van der Waals surface area contributed by atoms with Crippen LogP contribution in [0.1, 0.15) is 21.5 Å². The number of hydrogen-bond acceptors (Lipinski definition) is 3. The molecule has 9 heteroatoms. The Kier molecular flexibility index (Phi) is 7.09. The standard InChI is InChI=1S/C30H19F3IN3O2/c31-30(32,33)23-13-7-12-21-26(22(17-36-27(21)23)28(38)18-8-2-1-3-9-18)19-10-6-11-20(16-19)37(29(35)39)25-15-5-4-14-24(25)34/h1-17H,(H2,35,39). The van der Waals surface area contributed by atoms with E-state index in [1.54, 1.807) is 66.7 Å². The Morgan fingerprint density at radius 3 is 2.23 bits per heavy atom. The molecule has 0 saturated carbocycles. The van der Waals surface area contributed by atoms with Crippen LogP contribution in [0.4, 0.5) is 29.3 Å². The van der Waals surface area contributed by atoms with Gasteiger partial charge in [-0.2, -0.15) is 13.2 Å². The summed E-state index contributed by atoms with van der Waals surface area (Å²) < 4.78 is 42.5. The molecule has 1 heterocycles. The Morgan fingerprint density at radius 2 is 1.54 bits per heavy atom. The molecular weight excluding hydrogens is 618 g/mol. The summed E-state index contributed by atoms with van der Waals surface area (Å²) in [6, 6.07) is 25.2. The number of para-hydroxylation sites is 2. The molecule has 0 spiro atoms. The topological polar surface area (TPSA) is 76.3 Å². The van der Waals surface area contributed by atoms with Crippen LogP contribution >= 0.6 is 22.6 Å². The highest BCUT2D eigenvalue weighted by atomic mass is 127. The SMILES string of the molecule is NC(=O)N(c1cccc(-c2c(C(=O)c3ccccc3)cnc3c(C(F)(F)F)cccc23)c1)c1ccccc1I. The molecule has 0 fully saturated rings. The molecule has 0 saturated heterocycles. The summed E-state index contributed by atoms with van der Waals surface area (Å²) in [6.45, 7) is 0. The lowest BCUT2D eigenvalue weighted by Gasteiger charge is -2.23. The van der Waals surface area contributed by atoms with E-state index in [2.05, 4.69) is 27.6 Å². The highest BCUT2D eigenvalue weighted by molar-refractivity contribution is 14.1. The second-order valence-electron chi connectivity index (χ2n) is 8.62. The zero-order chi connectivity index (χ0) is 27.7. The number of urea groups is 1. The Balaban J connectivity index is 1.79. The Bertz CT molecular complexity index is 1720. The lowest BCUT2D eigenvalue weighted by molar-refractivity contribution is -0.136. The minimum absolute atomic E-state index is 0.130. The number of aromatic nitrogens is 1. The predicted octanol–water partition coefficient (Wildman–Crippen LogP) is 7.97. The van der Waals surface area contributed by atoms with E-state index in [0.29, 0.717) is 22.5 Å². The first-order chi connectivity index (χ1) is 18.7. The van der Waals surface area contributed by atoms with Crippen molar-refractivity contribution in [2.45, 2.75) is 6.18 Å². The molecule has 4 aromatic carbocycles. The van der Waals surface area contributed by atoms with E-state index in [1.165, 1.54) is 23.2 Å². The van der Waals surface area contributed by atoms with Crippen molar-refractivity contribution in [1.82, 2.24) is 4.98 Å². The van der Waals surface area contributed by atoms with E-state index < -0.39 is 23.6 Å². The third-order valence-electron chi connectivity index (χ3n) is 6.19. The normalized spacial score (nSPS) is 11.4. The summed E-state index contributed by atoms with van der Waals surface area (Å²) in [5.74, 6) is -0.396. The number of anilines is 2. The highest BCUT2D eigenvalue weighted by Crippen LogP contribution is 2.40. The van der Waals surface area contributed by atoms with Crippen molar-refractivity contribution >= 4 is 56.7 Å². The van der Waals surface area contributed by atoms with Gasteiger partial charge in [-0.3, -0.25) is 14.7 Å². The van der Waals surface area contributed by atoms with Crippen molar-refractivity contribution in [3.05, 3.63) is 124 Å². The van der Waals surface area contributed by atoms with Crippen molar-refractivity contribution in [2.24, 2.45) is 5.73 Å². The first-order valence-electron chi connectivity index (χ1n) is 11.7. The van der Waals surface area contributed by atoms with E-state index in [-0.39, 0.29) is 22.0 Å². The minimum atomic E-state index is -4.65. The smallest absolute Gasteiger partial charge is 0.351 e. The number of carbonyl (C=O) groups is 2. The maximum Gasteiger partial charge on any atom is 0.418 e. The average molecular weight is 637 g/mol. The minimum Gasteiger partial charge on any atom is -0.351 e. The molecule has 5 aromatic rings. The van der Waals surface area contributed by atoms with E-state index >= 15 is 0 Å². The number of benzene rings is 4. The number of alkyl halides is 3. The van der Waals surface area contributed by atoms with Gasteiger partial charge in [0.05, 0.1) is 22.5 Å². The van der Waals surface area contributed by atoms with Gasteiger partial charge >= 0.3 is 12.2 Å². The number of pyridine rings is 1. The fourth-order valence-corrected chi connectivity index (χ4v) is 5.13. The predicted molar refractivity (Wildman–Crippen MR) is 153 cm³/mol. The molecule has 5 rings (SSSR count). The molecule has 0 radical (unpaired) electrons. The van der Waals surface area contributed by atoms with Crippen molar-refractivity contribution < 1.29 is 22.8 Å². The van der Waals surface area contributed by atoms with Gasteiger partial charge in [0, 0.05) is 31.8 Å². The van der Waals surface area contributed by atoms with Crippen molar-refractivity contribution in [3.8, 4) is 11.1 Å². The first kappa shape index (κ1) is 26.4. The van der Waals surface area contributed by atoms with Crippen molar-refractivity contribution in [3.63, 3.8) is 0 Å². The zero-order valence-corrected chi connectivity index (χ0v) is 22.3. The van der Waals surface area contributed by atoms with Crippen LogP contribution in [0, 0.1) is 3.57 Å². The van der Waals surface area contributed by atoms with Gasteiger partial charge in [-0.1, -0.05) is 66.7 Å². The molecule has 0 unspecified atom stereocenters. The van der Waals surface area contributed by atoms with Crippen LogP contribution < -0.4 is 10.6 Å². The molecular formula is C30H19F3IN3O2. The van der Waals surface area contributed by atoms with Crippen LogP contribution in [0.2, 0.25) is 0 Å². The molecule has 0 aliphatic carbocycles. The van der Waals surface area contributed by atoms with E-state index in [0.717, 1.165) is 9.64 Å². The third kappa shape index (κ3) is 5.09.